The fourth-order valence-electron chi connectivity index (χ4n) is 2.03. The Morgan fingerprint density at radius 3 is 3.05 bits per heavy atom. The van der Waals surface area contributed by atoms with Crippen LogP contribution in [0.5, 0.6) is 0 Å². The monoisotopic (exact) mass is 262 g/mol. The number of ether oxygens (including phenoxy) is 1. The third-order valence-corrected chi connectivity index (χ3v) is 3.04. The van der Waals surface area contributed by atoms with Gasteiger partial charge in [-0.25, -0.2) is 14.3 Å². The van der Waals surface area contributed by atoms with Gasteiger partial charge in [-0.2, -0.15) is 5.10 Å². The Labute approximate surface area is 109 Å². The fraction of sp³-hybridized carbons (Fsp3) is 0.417. The van der Waals surface area contributed by atoms with E-state index in [1.165, 1.54) is 10.7 Å². The van der Waals surface area contributed by atoms with Gasteiger partial charge >= 0.3 is 5.97 Å². The summed E-state index contributed by atoms with van der Waals surface area (Å²) in [7, 11) is 0. The van der Waals surface area contributed by atoms with Crippen molar-refractivity contribution in [1.82, 2.24) is 14.6 Å². The second-order valence-electron chi connectivity index (χ2n) is 4.39. The first-order valence-electron chi connectivity index (χ1n) is 6.13. The largest absolute Gasteiger partial charge is 0.462 e. The van der Waals surface area contributed by atoms with Crippen molar-refractivity contribution in [2.75, 3.05) is 24.6 Å². The van der Waals surface area contributed by atoms with Crippen LogP contribution in [-0.2, 0) is 4.74 Å². The zero-order valence-electron chi connectivity index (χ0n) is 10.5. The van der Waals surface area contributed by atoms with Gasteiger partial charge in [-0.15, -0.1) is 0 Å². The molecule has 0 atom stereocenters. The van der Waals surface area contributed by atoms with Gasteiger partial charge in [0, 0.05) is 19.3 Å². The number of esters is 1. The van der Waals surface area contributed by atoms with Gasteiger partial charge in [0.2, 0.25) is 0 Å². The highest BCUT2D eigenvalue weighted by molar-refractivity contribution is 5.95. The van der Waals surface area contributed by atoms with Gasteiger partial charge < -0.3 is 14.7 Å². The number of anilines is 1. The highest BCUT2D eigenvalue weighted by Crippen LogP contribution is 2.20. The standard InChI is InChI=1S/C12H14N4O3/c1-2-19-12(18)9-5-13-16-4-3-10(14-11(9)16)15-6-8(17)7-15/h3-5,8,17H,2,6-7H2,1H3. The SMILES string of the molecule is CCOC(=O)c1cnn2ccc(N3CC(O)C3)nc12. The molecule has 1 saturated heterocycles. The van der Waals surface area contributed by atoms with Crippen LogP contribution in [0.25, 0.3) is 5.65 Å². The van der Waals surface area contributed by atoms with E-state index < -0.39 is 5.97 Å². The van der Waals surface area contributed by atoms with Crippen molar-refractivity contribution in [2.24, 2.45) is 0 Å². The topological polar surface area (TPSA) is 80.0 Å². The van der Waals surface area contributed by atoms with Gasteiger partial charge in [0.15, 0.2) is 5.65 Å². The van der Waals surface area contributed by atoms with Crippen molar-refractivity contribution >= 4 is 17.4 Å². The Morgan fingerprint density at radius 1 is 1.58 bits per heavy atom. The molecule has 0 radical (unpaired) electrons. The average molecular weight is 262 g/mol. The van der Waals surface area contributed by atoms with Crippen LogP contribution in [0.3, 0.4) is 0 Å². The van der Waals surface area contributed by atoms with Crippen LogP contribution in [0.2, 0.25) is 0 Å². The van der Waals surface area contributed by atoms with Gasteiger partial charge in [-0.1, -0.05) is 0 Å². The molecule has 1 fully saturated rings. The van der Waals surface area contributed by atoms with Gasteiger partial charge in [-0.3, -0.25) is 0 Å². The van der Waals surface area contributed by atoms with Gasteiger partial charge in [0.25, 0.3) is 0 Å². The number of nitrogens with zero attached hydrogens (tertiary/aromatic N) is 4. The predicted molar refractivity (Wildman–Crippen MR) is 67.2 cm³/mol. The van der Waals surface area contributed by atoms with Gasteiger partial charge in [0.05, 0.1) is 18.9 Å². The van der Waals surface area contributed by atoms with E-state index in [9.17, 15) is 9.90 Å². The third kappa shape index (κ3) is 2.01. The predicted octanol–water partition coefficient (Wildman–Crippen LogP) is 0.0869. The van der Waals surface area contributed by atoms with Crippen LogP contribution in [0.4, 0.5) is 5.82 Å². The minimum atomic E-state index is -0.425. The van der Waals surface area contributed by atoms with Crippen LogP contribution in [-0.4, -0.2) is 51.5 Å². The molecule has 2 aromatic heterocycles. The fourth-order valence-corrected chi connectivity index (χ4v) is 2.03. The third-order valence-electron chi connectivity index (χ3n) is 3.04. The molecule has 0 saturated carbocycles. The van der Waals surface area contributed by atoms with E-state index in [1.807, 2.05) is 4.90 Å². The Hall–Kier alpha value is -2.15. The zero-order valence-corrected chi connectivity index (χ0v) is 10.5. The van der Waals surface area contributed by atoms with Crippen LogP contribution < -0.4 is 4.90 Å². The minimum Gasteiger partial charge on any atom is -0.462 e. The van der Waals surface area contributed by atoms with E-state index in [4.69, 9.17) is 4.74 Å². The first kappa shape index (κ1) is 11.9. The molecule has 0 amide bonds. The molecule has 7 nitrogen and oxygen atoms in total. The van der Waals surface area contributed by atoms with Crippen molar-refractivity contribution in [3.8, 4) is 0 Å². The lowest BCUT2D eigenvalue weighted by atomic mass is 10.2. The summed E-state index contributed by atoms with van der Waals surface area (Å²) in [6.45, 7) is 3.19. The number of hydrogen-bond acceptors (Lipinski definition) is 6. The zero-order chi connectivity index (χ0) is 13.4. The summed E-state index contributed by atoms with van der Waals surface area (Å²) in [6, 6.07) is 1.81. The molecule has 1 aliphatic heterocycles. The maximum Gasteiger partial charge on any atom is 0.343 e. The van der Waals surface area contributed by atoms with Gasteiger partial charge in [-0.05, 0) is 13.0 Å². The molecule has 0 bridgehead atoms. The summed E-state index contributed by atoms with van der Waals surface area (Å²) < 4.78 is 6.50. The highest BCUT2D eigenvalue weighted by Gasteiger charge is 2.26. The van der Waals surface area contributed by atoms with Gasteiger partial charge in [0.1, 0.15) is 11.4 Å². The number of rotatable bonds is 3. The van der Waals surface area contributed by atoms with E-state index in [0.29, 0.717) is 30.9 Å². The molecule has 1 N–H and O–H groups in total. The maximum absolute atomic E-state index is 11.8. The smallest absolute Gasteiger partial charge is 0.343 e. The summed E-state index contributed by atoms with van der Waals surface area (Å²) in [5.41, 5.74) is 0.821. The van der Waals surface area contributed by atoms with E-state index >= 15 is 0 Å². The van der Waals surface area contributed by atoms with Crippen molar-refractivity contribution in [3.63, 3.8) is 0 Å². The molecule has 3 heterocycles. The van der Waals surface area contributed by atoms with Crippen molar-refractivity contribution in [1.29, 1.82) is 0 Å². The number of hydrogen-bond donors (Lipinski definition) is 1. The van der Waals surface area contributed by atoms with Crippen LogP contribution in [0, 0.1) is 0 Å². The quantitative estimate of drug-likeness (QED) is 0.789. The second kappa shape index (κ2) is 4.51. The molecule has 0 aliphatic carbocycles. The van der Waals surface area contributed by atoms with E-state index in [2.05, 4.69) is 10.1 Å². The minimum absolute atomic E-state index is 0.299. The lowest BCUT2D eigenvalue weighted by Crippen LogP contribution is -2.51. The number of aromatic nitrogens is 3. The molecular formula is C12H14N4O3. The Bertz CT molecular complexity index is 618. The Morgan fingerprint density at radius 2 is 2.37 bits per heavy atom. The number of aliphatic hydroxyl groups excluding tert-OH is 1. The summed E-state index contributed by atoms with van der Waals surface area (Å²) in [5, 5.41) is 13.4. The molecule has 2 aromatic rings. The molecule has 0 spiro atoms. The lowest BCUT2D eigenvalue weighted by Gasteiger charge is -2.36. The number of β-amino-alcohol motifs (C(OH)–C–C–N with tert-alkyl or cyclic N) is 1. The first-order valence-corrected chi connectivity index (χ1v) is 6.13. The molecule has 7 heteroatoms. The van der Waals surface area contributed by atoms with Crippen molar-refractivity contribution in [3.05, 3.63) is 24.0 Å². The lowest BCUT2D eigenvalue weighted by molar-refractivity contribution is 0.0528. The molecule has 19 heavy (non-hydrogen) atoms. The Kier molecular flexibility index (Phi) is 2.83. The molecule has 100 valence electrons. The average Bonchev–Trinajstić information content (AvgIpc) is 2.78. The summed E-state index contributed by atoms with van der Waals surface area (Å²) in [5.74, 6) is 0.301. The van der Waals surface area contributed by atoms with Crippen molar-refractivity contribution in [2.45, 2.75) is 13.0 Å². The summed E-state index contributed by atoms with van der Waals surface area (Å²) >= 11 is 0. The van der Waals surface area contributed by atoms with E-state index in [0.717, 1.165) is 5.82 Å². The summed E-state index contributed by atoms with van der Waals surface area (Å²) in [4.78, 5) is 18.1. The van der Waals surface area contributed by atoms with Crippen LogP contribution >= 0.6 is 0 Å². The van der Waals surface area contributed by atoms with Crippen LogP contribution in [0.1, 0.15) is 17.3 Å². The molecular weight excluding hydrogens is 248 g/mol. The molecule has 0 unspecified atom stereocenters. The first-order chi connectivity index (χ1) is 9.19. The normalized spacial score (nSPS) is 15.6. The van der Waals surface area contributed by atoms with Crippen molar-refractivity contribution < 1.29 is 14.6 Å². The molecule has 1 aliphatic rings. The van der Waals surface area contributed by atoms with E-state index in [1.54, 1.807) is 19.2 Å². The maximum atomic E-state index is 11.8. The summed E-state index contributed by atoms with van der Waals surface area (Å²) in [6.07, 6.45) is 2.90. The molecule has 0 aromatic carbocycles. The number of aliphatic hydroxyl groups is 1. The van der Waals surface area contributed by atoms with Crippen LogP contribution in [0.15, 0.2) is 18.5 Å². The number of carbonyl (C=O) groups excluding carboxylic acids is 1. The molecule has 3 rings (SSSR count). The van der Waals surface area contributed by atoms with E-state index in [-0.39, 0.29) is 6.10 Å². The number of fused-ring (bicyclic) bond motifs is 1. The number of carbonyl (C=O) groups is 1. The highest BCUT2D eigenvalue weighted by atomic mass is 16.5. The Balaban J connectivity index is 1.96. The second-order valence-corrected chi connectivity index (χ2v) is 4.39.